The second kappa shape index (κ2) is 5.18. The maximum atomic E-state index is 5.61. The van der Waals surface area contributed by atoms with Crippen LogP contribution in [0.2, 0.25) is 0 Å². The van der Waals surface area contributed by atoms with E-state index in [1.54, 1.807) is 6.07 Å². The summed E-state index contributed by atoms with van der Waals surface area (Å²) in [5, 5.41) is 3.39. The topological polar surface area (TPSA) is 102 Å². The molecule has 6 nitrogen and oxygen atoms in total. The van der Waals surface area contributed by atoms with Crippen LogP contribution < -0.4 is 22.3 Å². The number of nitrogens with one attached hydrogen (secondary N) is 2. The first-order chi connectivity index (χ1) is 8.21. The number of hydrazine groups is 1. The highest BCUT2D eigenvalue weighted by Gasteiger charge is 2.24. The molecule has 6 N–H and O–H groups in total. The van der Waals surface area contributed by atoms with Crippen molar-refractivity contribution < 1.29 is 0 Å². The lowest BCUT2D eigenvalue weighted by atomic mass is 10.1. The summed E-state index contributed by atoms with van der Waals surface area (Å²) in [7, 11) is 0. The third-order valence-corrected chi connectivity index (χ3v) is 3.05. The Morgan fingerprint density at radius 2 is 2.12 bits per heavy atom. The van der Waals surface area contributed by atoms with E-state index < -0.39 is 0 Å². The van der Waals surface area contributed by atoms with Gasteiger partial charge >= 0.3 is 0 Å². The summed E-state index contributed by atoms with van der Waals surface area (Å²) < 4.78 is 0. The van der Waals surface area contributed by atoms with Crippen molar-refractivity contribution in [2.45, 2.75) is 38.6 Å². The molecule has 1 atom stereocenters. The Balaban J connectivity index is 2.01. The van der Waals surface area contributed by atoms with E-state index >= 15 is 0 Å². The van der Waals surface area contributed by atoms with Gasteiger partial charge in [-0.2, -0.15) is 9.97 Å². The van der Waals surface area contributed by atoms with Crippen LogP contribution in [0.15, 0.2) is 6.07 Å². The van der Waals surface area contributed by atoms with E-state index in [2.05, 4.69) is 27.6 Å². The standard InChI is InChI=1S/C11H20N6/c1-2-8(5-7-3-4-7)14-9-6-10(17-13)16-11(12)15-9/h6-8H,2-5,13H2,1H3,(H4,12,14,15,16,17). The van der Waals surface area contributed by atoms with E-state index in [0.29, 0.717) is 11.9 Å². The summed E-state index contributed by atoms with van der Waals surface area (Å²) in [4.78, 5) is 8.11. The van der Waals surface area contributed by atoms with E-state index in [4.69, 9.17) is 11.6 Å². The molecule has 0 bridgehead atoms. The molecule has 94 valence electrons. The Labute approximate surface area is 101 Å². The third kappa shape index (κ3) is 3.45. The molecule has 0 amide bonds. The number of hydrogen-bond donors (Lipinski definition) is 4. The third-order valence-electron chi connectivity index (χ3n) is 3.05. The number of nitrogens with zero attached hydrogens (tertiary/aromatic N) is 2. The minimum atomic E-state index is 0.226. The van der Waals surface area contributed by atoms with Crippen LogP contribution in [-0.4, -0.2) is 16.0 Å². The Kier molecular flexibility index (Phi) is 3.63. The first-order valence-electron chi connectivity index (χ1n) is 6.09. The molecule has 1 heterocycles. The molecule has 0 spiro atoms. The summed E-state index contributed by atoms with van der Waals surface area (Å²) in [6, 6.07) is 2.22. The van der Waals surface area contributed by atoms with Gasteiger partial charge in [-0.3, -0.25) is 0 Å². The van der Waals surface area contributed by atoms with E-state index in [9.17, 15) is 0 Å². The summed E-state index contributed by atoms with van der Waals surface area (Å²) >= 11 is 0. The molecular weight excluding hydrogens is 216 g/mol. The molecule has 2 rings (SSSR count). The van der Waals surface area contributed by atoms with Crippen molar-refractivity contribution in [2.24, 2.45) is 11.8 Å². The summed E-state index contributed by atoms with van der Waals surface area (Å²) in [5.74, 6) is 7.70. The smallest absolute Gasteiger partial charge is 0.223 e. The SMILES string of the molecule is CCC(CC1CC1)Nc1cc(NN)nc(N)n1. The second-order valence-electron chi connectivity index (χ2n) is 4.57. The zero-order chi connectivity index (χ0) is 12.3. The van der Waals surface area contributed by atoms with Crippen LogP contribution in [0, 0.1) is 5.92 Å². The van der Waals surface area contributed by atoms with Gasteiger partial charge < -0.3 is 16.5 Å². The predicted molar refractivity (Wildman–Crippen MR) is 69.3 cm³/mol. The number of nitrogen functional groups attached to an aromatic ring is 2. The fourth-order valence-electron chi connectivity index (χ4n) is 1.91. The molecule has 6 heteroatoms. The molecule has 1 aliphatic rings. The zero-order valence-corrected chi connectivity index (χ0v) is 10.1. The lowest BCUT2D eigenvalue weighted by Gasteiger charge is -2.17. The fraction of sp³-hybridized carbons (Fsp3) is 0.636. The van der Waals surface area contributed by atoms with Crippen LogP contribution in [0.1, 0.15) is 32.6 Å². The van der Waals surface area contributed by atoms with Gasteiger partial charge in [0.2, 0.25) is 5.95 Å². The fourth-order valence-corrected chi connectivity index (χ4v) is 1.91. The molecule has 1 aliphatic carbocycles. The molecule has 1 saturated carbocycles. The van der Waals surface area contributed by atoms with Crippen molar-refractivity contribution >= 4 is 17.6 Å². The lowest BCUT2D eigenvalue weighted by molar-refractivity contribution is 0.585. The molecular formula is C11H20N6. The number of aromatic nitrogens is 2. The van der Waals surface area contributed by atoms with Crippen LogP contribution in [0.25, 0.3) is 0 Å². The van der Waals surface area contributed by atoms with E-state index in [0.717, 1.165) is 18.2 Å². The minimum absolute atomic E-state index is 0.226. The molecule has 1 unspecified atom stereocenters. The normalized spacial score (nSPS) is 16.6. The van der Waals surface area contributed by atoms with Crippen molar-refractivity contribution in [3.05, 3.63) is 6.07 Å². The van der Waals surface area contributed by atoms with Crippen molar-refractivity contribution in [1.29, 1.82) is 0 Å². The number of hydrogen-bond acceptors (Lipinski definition) is 6. The van der Waals surface area contributed by atoms with E-state index in [1.807, 2.05) is 0 Å². The molecule has 0 aliphatic heterocycles. The lowest BCUT2D eigenvalue weighted by Crippen LogP contribution is -2.21. The highest BCUT2D eigenvalue weighted by Crippen LogP contribution is 2.34. The molecule has 0 radical (unpaired) electrons. The molecule has 0 saturated heterocycles. The first kappa shape index (κ1) is 11.9. The Morgan fingerprint density at radius 1 is 1.41 bits per heavy atom. The molecule has 17 heavy (non-hydrogen) atoms. The monoisotopic (exact) mass is 236 g/mol. The number of rotatable bonds is 6. The van der Waals surface area contributed by atoms with Gasteiger partial charge in [-0.25, -0.2) is 5.84 Å². The molecule has 1 fully saturated rings. The average Bonchev–Trinajstić information content (AvgIpc) is 3.11. The van der Waals surface area contributed by atoms with Gasteiger partial charge in [-0.05, 0) is 18.8 Å². The second-order valence-corrected chi connectivity index (χ2v) is 4.57. The zero-order valence-electron chi connectivity index (χ0n) is 10.1. The summed E-state index contributed by atoms with van der Waals surface area (Å²) in [5.41, 5.74) is 8.09. The molecule has 0 aromatic carbocycles. The number of anilines is 3. The van der Waals surface area contributed by atoms with Gasteiger partial charge in [-0.1, -0.05) is 19.8 Å². The van der Waals surface area contributed by atoms with Crippen LogP contribution in [-0.2, 0) is 0 Å². The first-order valence-corrected chi connectivity index (χ1v) is 6.09. The van der Waals surface area contributed by atoms with E-state index in [-0.39, 0.29) is 5.95 Å². The van der Waals surface area contributed by atoms with Crippen molar-refractivity contribution in [2.75, 3.05) is 16.5 Å². The van der Waals surface area contributed by atoms with Gasteiger partial charge in [0.25, 0.3) is 0 Å². The Morgan fingerprint density at radius 3 is 2.71 bits per heavy atom. The minimum Gasteiger partial charge on any atom is -0.368 e. The van der Waals surface area contributed by atoms with Gasteiger partial charge in [0.05, 0.1) is 0 Å². The molecule has 1 aromatic heterocycles. The largest absolute Gasteiger partial charge is 0.368 e. The summed E-state index contributed by atoms with van der Waals surface area (Å²) in [6.07, 6.45) is 5.00. The van der Waals surface area contributed by atoms with E-state index in [1.165, 1.54) is 19.3 Å². The van der Waals surface area contributed by atoms with Gasteiger partial charge in [0.15, 0.2) is 0 Å². The van der Waals surface area contributed by atoms with Gasteiger partial charge in [-0.15, -0.1) is 0 Å². The van der Waals surface area contributed by atoms with Crippen LogP contribution in [0.3, 0.4) is 0 Å². The molecule has 1 aromatic rings. The number of nitrogens with two attached hydrogens (primary N) is 2. The van der Waals surface area contributed by atoms with Crippen LogP contribution in [0.4, 0.5) is 17.6 Å². The van der Waals surface area contributed by atoms with Crippen molar-refractivity contribution in [3.63, 3.8) is 0 Å². The van der Waals surface area contributed by atoms with Crippen molar-refractivity contribution in [3.8, 4) is 0 Å². The highest BCUT2D eigenvalue weighted by molar-refractivity contribution is 5.50. The quantitative estimate of drug-likeness (QED) is 0.439. The Bertz CT molecular complexity index is 376. The van der Waals surface area contributed by atoms with Gasteiger partial charge in [0.1, 0.15) is 11.6 Å². The Hall–Kier alpha value is -1.56. The van der Waals surface area contributed by atoms with Gasteiger partial charge in [0, 0.05) is 12.1 Å². The average molecular weight is 236 g/mol. The van der Waals surface area contributed by atoms with Crippen molar-refractivity contribution in [1.82, 2.24) is 9.97 Å². The predicted octanol–water partition coefficient (Wildman–Crippen LogP) is 1.33. The maximum absolute atomic E-state index is 5.61. The summed E-state index contributed by atoms with van der Waals surface area (Å²) in [6.45, 7) is 2.17. The van der Waals surface area contributed by atoms with Crippen LogP contribution >= 0.6 is 0 Å². The maximum Gasteiger partial charge on any atom is 0.223 e. The highest BCUT2D eigenvalue weighted by atomic mass is 15.3. The van der Waals surface area contributed by atoms with Crippen LogP contribution in [0.5, 0.6) is 0 Å².